The second-order valence-corrected chi connectivity index (χ2v) is 12.4. The van der Waals surface area contributed by atoms with Crippen LogP contribution in [-0.4, -0.2) is 10.5 Å². The highest BCUT2D eigenvalue weighted by Gasteiger charge is 2.32. The van der Waals surface area contributed by atoms with Gasteiger partial charge in [-0.1, -0.05) is 95.7 Å². The number of thiazole rings is 1. The smallest absolute Gasteiger partial charge is 0.271 e. The Kier molecular flexibility index (Phi) is 7.66. The molecule has 0 saturated heterocycles. The SMILES string of the molecule is CC1=C(C(=O)Nc2ccccc2)C(c2ccc(C(C)C)cc2)n2c(s/c(=C\c3ccc(-c4cccc(Br)c4)o3)c2=O)=N1. The van der Waals surface area contributed by atoms with Gasteiger partial charge >= 0.3 is 0 Å². The first-order valence-electron chi connectivity index (χ1n) is 13.6. The maximum atomic E-state index is 14.0. The Hall–Kier alpha value is -4.27. The van der Waals surface area contributed by atoms with E-state index in [1.54, 1.807) is 10.6 Å². The summed E-state index contributed by atoms with van der Waals surface area (Å²) in [4.78, 5) is 33.0. The minimum absolute atomic E-state index is 0.227. The summed E-state index contributed by atoms with van der Waals surface area (Å²) >= 11 is 4.79. The van der Waals surface area contributed by atoms with E-state index >= 15 is 0 Å². The van der Waals surface area contributed by atoms with E-state index in [4.69, 9.17) is 9.41 Å². The highest BCUT2D eigenvalue weighted by molar-refractivity contribution is 9.10. The molecule has 0 radical (unpaired) electrons. The molecular weight excluding hydrogens is 610 g/mol. The van der Waals surface area contributed by atoms with Crippen molar-refractivity contribution in [3.05, 3.63) is 143 Å². The molecule has 6 rings (SSSR count). The Morgan fingerprint density at radius 2 is 1.79 bits per heavy atom. The topological polar surface area (TPSA) is 76.6 Å². The predicted octanol–water partition coefficient (Wildman–Crippen LogP) is 7.02. The van der Waals surface area contributed by atoms with Crippen molar-refractivity contribution in [2.24, 2.45) is 4.99 Å². The number of carbonyl (C=O) groups excluding carboxylic acids is 1. The summed E-state index contributed by atoms with van der Waals surface area (Å²) in [6, 6.07) is 28.4. The minimum Gasteiger partial charge on any atom is -0.457 e. The van der Waals surface area contributed by atoms with Crippen LogP contribution < -0.4 is 20.2 Å². The van der Waals surface area contributed by atoms with Crippen LogP contribution in [0.25, 0.3) is 17.4 Å². The predicted molar refractivity (Wildman–Crippen MR) is 171 cm³/mol. The summed E-state index contributed by atoms with van der Waals surface area (Å²) in [5.74, 6) is 1.33. The lowest BCUT2D eigenvalue weighted by Gasteiger charge is -2.25. The summed E-state index contributed by atoms with van der Waals surface area (Å²) in [6.07, 6.45) is 1.74. The van der Waals surface area contributed by atoms with Crippen LogP contribution in [0.15, 0.2) is 121 Å². The van der Waals surface area contributed by atoms with Gasteiger partial charge in [0.2, 0.25) is 0 Å². The Morgan fingerprint density at radius 3 is 2.50 bits per heavy atom. The van der Waals surface area contributed by atoms with Gasteiger partial charge in [0.05, 0.1) is 21.8 Å². The molecule has 0 bridgehead atoms. The number of anilines is 1. The third kappa shape index (κ3) is 5.47. The number of allylic oxidation sites excluding steroid dienone is 1. The summed E-state index contributed by atoms with van der Waals surface area (Å²) in [5, 5.41) is 3.00. The molecule has 42 heavy (non-hydrogen) atoms. The number of para-hydroxylation sites is 1. The van der Waals surface area contributed by atoms with Crippen LogP contribution in [0.5, 0.6) is 0 Å². The molecule has 3 aromatic carbocycles. The number of fused-ring (bicyclic) bond motifs is 1. The largest absolute Gasteiger partial charge is 0.457 e. The van der Waals surface area contributed by atoms with Crippen LogP contribution in [0.2, 0.25) is 0 Å². The number of benzene rings is 3. The van der Waals surface area contributed by atoms with Crippen molar-refractivity contribution < 1.29 is 9.21 Å². The van der Waals surface area contributed by atoms with Crippen LogP contribution in [0.3, 0.4) is 0 Å². The number of hydrogen-bond acceptors (Lipinski definition) is 5. The molecule has 6 nitrogen and oxygen atoms in total. The number of rotatable bonds is 6. The molecule has 0 spiro atoms. The van der Waals surface area contributed by atoms with Gasteiger partial charge in [-0.05, 0) is 60.4 Å². The van der Waals surface area contributed by atoms with Gasteiger partial charge in [-0.25, -0.2) is 4.99 Å². The Labute approximate surface area is 255 Å². The quantitative estimate of drug-likeness (QED) is 0.217. The van der Waals surface area contributed by atoms with E-state index in [1.165, 1.54) is 16.9 Å². The highest BCUT2D eigenvalue weighted by Crippen LogP contribution is 2.32. The third-order valence-electron chi connectivity index (χ3n) is 7.23. The van der Waals surface area contributed by atoms with Crippen LogP contribution in [0.4, 0.5) is 5.69 Å². The van der Waals surface area contributed by atoms with Gasteiger partial charge < -0.3 is 9.73 Å². The fourth-order valence-electron chi connectivity index (χ4n) is 5.07. The van der Waals surface area contributed by atoms with Gasteiger partial charge in [-0.2, -0.15) is 0 Å². The molecule has 5 aromatic rings. The van der Waals surface area contributed by atoms with Crippen molar-refractivity contribution in [1.82, 2.24) is 4.57 Å². The van der Waals surface area contributed by atoms with E-state index < -0.39 is 6.04 Å². The fraction of sp³-hybridized carbons (Fsp3) is 0.147. The van der Waals surface area contributed by atoms with Crippen molar-refractivity contribution in [2.75, 3.05) is 5.32 Å². The second-order valence-electron chi connectivity index (χ2n) is 10.4. The second kappa shape index (κ2) is 11.5. The highest BCUT2D eigenvalue weighted by atomic mass is 79.9. The summed E-state index contributed by atoms with van der Waals surface area (Å²) < 4.78 is 9.15. The van der Waals surface area contributed by atoms with Crippen LogP contribution >= 0.6 is 27.3 Å². The zero-order valence-electron chi connectivity index (χ0n) is 23.3. The molecule has 1 aliphatic rings. The van der Waals surface area contributed by atoms with Crippen molar-refractivity contribution in [1.29, 1.82) is 0 Å². The van der Waals surface area contributed by atoms with Gasteiger partial charge in [0.25, 0.3) is 11.5 Å². The van der Waals surface area contributed by atoms with Crippen LogP contribution in [0, 0.1) is 0 Å². The van der Waals surface area contributed by atoms with Gasteiger partial charge in [0, 0.05) is 21.8 Å². The molecule has 1 atom stereocenters. The Balaban J connectivity index is 1.45. The lowest BCUT2D eigenvalue weighted by Crippen LogP contribution is -2.40. The van der Waals surface area contributed by atoms with Crippen LogP contribution in [0.1, 0.15) is 49.6 Å². The fourth-order valence-corrected chi connectivity index (χ4v) is 6.49. The first kappa shape index (κ1) is 27.9. The molecular formula is C34H28BrN3O3S. The standard InChI is InChI=1S/C34H28BrN3O3S/c1-20(2)22-12-14-23(15-13-22)31-30(32(39)37-26-10-5-4-6-11-26)21(3)36-34-38(31)33(40)29(42-34)19-27-16-17-28(41-27)24-8-7-9-25(35)18-24/h4-20,31H,1-3H3,(H,37,39)/b29-19-. The molecule has 1 aliphatic heterocycles. The normalized spacial score (nSPS) is 15.1. The molecule has 1 N–H and O–H groups in total. The summed E-state index contributed by atoms with van der Waals surface area (Å²) in [5.41, 5.74) is 4.41. The monoisotopic (exact) mass is 637 g/mol. The van der Waals surface area contributed by atoms with E-state index in [2.05, 4.69) is 47.2 Å². The zero-order valence-corrected chi connectivity index (χ0v) is 25.7. The van der Waals surface area contributed by atoms with Crippen molar-refractivity contribution in [3.8, 4) is 11.3 Å². The van der Waals surface area contributed by atoms with Crippen molar-refractivity contribution >= 4 is 44.9 Å². The first-order chi connectivity index (χ1) is 20.3. The van der Waals surface area contributed by atoms with E-state index in [0.29, 0.717) is 43.7 Å². The maximum Gasteiger partial charge on any atom is 0.271 e. The molecule has 1 amide bonds. The average molecular weight is 639 g/mol. The number of nitrogens with zero attached hydrogens (tertiary/aromatic N) is 2. The number of hydrogen-bond donors (Lipinski definition) is 1. The van der Waals surface area contributed by atoms with E-state index in [1.807, 2.05) is 85.8 Å². The van der Waals surface area contributed by atoms with E-state index in [0.717, 1.165) is 15.6 Å². The van der Waals surface area contributed by atoms with E-state index in [-0.39, 0.29) is 11.5 Å². The van der Waals surface area contributed by atoms with Crippen molar-refractivity contribution in [2.45, 2.75) is 32.7 Å². The molecule has 0 fully saturated rings. The number of nitrogens with one attached hydrogen (secondary N) is 1. The number of amides is 1. The van der Waals surface area contributed by atoms with Crippen LogP contribution in [-0.2, 0) is 4.79 Å². The molecule has 8 heteroatoms. The lowest BCUT2D eigenvalue weighted by molar-refractivity contribution is -0.113. The lowest BCUT2D eigenvalue weighted by atomic mass is 9.93. The Bertz CT molecular complexity index is 2000. The minimum atomic E-state index is -0.637. The zero-order chi connectivity index (χ0) is 29.4. The number of aromatic nitrogens is 1. The molecule has 2 aromatic heterocycles. The first-order valence-corrected chi connectivity index (χ1v) is 15.2. The van der Waals surface area contributed by atoms with Gasteiger partial charge in [0.1, 0.15) is 11.5 Å². The molecule has 0 saturated carbocycles. The van der Waals surface area contributed by atoms with Gasteiger partial charge in [-0.3, -0.25) is 14.2 Å². The molecule has 3 heterocycles. The molecule has 0 aliphatic carbocycles. The van der Waals surface area contributed by atoms with E-state index in [9.17, 15) is 9.59 Å². The number of furan rings is 1. The average Bonchev–Trinajstić information content (AvgIpc) is 3.57. The third-order valence-corrected chi connectivity index (χ3v) is 8.70. The maximum absolute atomic E-state index is 14.0. The number of carbonyl (C=O) groups is 1. The summed E-state index contributed by atoms with van der Waals surface area (Å²) in [7, 11) is 0. The van der Waals surface area contributed by atoms with Gasteiger partial charge in [0.15, 0.2) is 4.80 Å². The Morgan fingerprint density at radius 1 is 1.02 bits per heavy atom. The van der Waals surface area contributed by atoms with Gasteiger partial charge in [-0.15, -0.1) is 0 Å². The van der Waals surface area contributed by atoms with Crippen molar-refractivity contribution in [3.63, 3.8) is 0 Å². The number of halogens is 1. The molecule has 1 unspecified atom stereocenters. The molecule has 210 valence electrons. The summed E-state index contributed by atoms with van der Waals surface area (Å²) in [6.45, 7) is 6.10.